The Labute approximate surface area is 246 Å². The lowest BCUT2D eigenvalue weighted by Crippen LogP contribution is -2.33. The molecule has 41 heavy (non-hydrogen) atoms. The van der Waals surface area contributed by atoms with E-state index >= 15 is 4.39 Å². The van der Waals surface area contributed by atoms with E-state index in [0.717, 1.165) is 12.6 Å². The molecule has 2 amide bonds. The minimum Gasteiger partial charge on any atom is -0.468 e. The van der Waals surface area contributed by atoms with Gasteiger partial charge < -0.3 is 10.1 Å². The maximum Gasteiger partial charge on any atom is 0.296 e. The van der Waals surface area contributed by atoms with Crippen LogP contribution in [0.1, 0.15) is 51.1 Å². The van der Waals surface area contributed by atoms with Crippen LogP contribution in [0, 0.1) is 17.7 Å². The number of amides is 2. The minimum absolute atomic E-state index is 0.0708. The third-order valence-corrected chi connectivity index (χ3v) is 8.49. The number of hydrogen-bond donors (Lipinski definition) is 3. The summed E-state index contributed by atoms with van der Waals surface area (Å²) in [5.74, 6) is -0.853. The molecule has 222 valence electrons. The van der Waals surface area contributed by atoms with Gasteiger partial charge in [-0.15, -0.1) is 0 Å². The number of imidazole rings is 1. The number of carbonyl (C=O) groups is 2. The van der Waals surface area contributed by atoms with Crippen molar-refractivity contribution in [1.29, 1.82) is 0 Å². The number of ether oxygens (including phenoxy) is 1. The quantitative estimate of drug-likeness (QED) is 0.250. The van der Waals surface area contributed by atoms with Gasteiger partial charge in [-0.25, -0.2) is 17.5 Å². The van der Waals surface area contributed by atoms with Crippen molar-refractivity contribution in [3.63, 3.8) is 0 Å². The summed E-state index contributed by atoms with van der Waals surface area (Å²) in [6, 6.07) is 10.8. The Morgan fingerprint density at radius 1 is 1.17 bits per heavy atom. The maximum atomic E-state index is 15.5. The summed E-state index contributed by atoms with van der Waals surface area (Å²) in [6.45, 7) is 7.41. The normalized spacial score (nSPS) is 12.3. The second kappa shape index (κ2) is 14.0. The molecule has 2 N–H and O–H groups in total. The van der Waals surface area contributed by atoms with Gasteiger partial charge in [0.2, 0.25) is 11.8 Å². The van der Waals surface area contributed by atoms with Crippen LogP contribution in [-0.4, -0.2) is 42.6 Å². The largest absolute Gasteiger partial charge is 0.468 e. The maximum absolute atomic E-state index is 15.5. The summed E-state index contributed by atoms with van der Waals surface area (Å²) in [5, 5.41) is 2.99. The molecule has 2 aromatic carbocycles. The average Bonchev–Trinajstić information content (AvgIpc) is 3.26. The number of hydrogen-bond acceptors (Lipinski definition) is 7. The van der Waals surface area contributed by atoms with Gasteiger partial charge >= 0.3 is 0 Å². The Hall–Kier alpha value is -3.38. The monoisotopic (exact) mass is 604 g/mol. The molecule has 0 aliphatic carbocycles. The molecule has 0 fully saturated rings. The summed E-state index contributed by atoms with van der Waals surface area (Å²) in [5.41, 5.74) is 2.33. The van der Waals surface area contributed by atoms with Crippen LogP contribution in [0.25, 0.3) is 11.1 Å². The van der Waals surface area contributed by atoms with Crippen molar-refractivity contribution in [2.45, 2.75) is 58.5 Å². The van der Waals surface area contributed by atoms with Gasteiger partial charge in [-0.1, -0.05) is 51.1 Å². The predicted molar refractivity (Wildman–Crippen MR) is 159 cm³/mol. The first kappa shape index (κ1) is 32.1. The van der Waals surface area contributed by atoms with Crippen LogP contribution in [0.4, 0.5) is 4.39 Å². The van der Waals surface area contributed by atoms with Crippen LogP contribution < -0.4 is 14.8 Å². The number of halogens is 1. The Balaban J connectivity index is 1.94. The van der Waals surface area contributed by atoms with Crippen molar-refractivity contribution < 1.29 is 27.1 Å². The molecule has 0 radical (unpaired) electrons. The molecule has 3 aromatic rings. The first-order chi connectivity index (χ1) is 19.4. The summed E-state index contributed by atoms with van der Waals surface area (Å²) in [4.78, 5) is 28.7. The second-order valence-corrected chi connectivity index (χ2v) is 12.1. The topological polar surface area (TPSA) is 119 Å². The molecule has 1 heterocycles. The van der Waals surface area contributed by atoms with Gasteiger partial charge in [0.25, 0.3) is 16.0 Å². The molecule has 12 heteroatoms. The molecular weight excluding hydrogens is 567 g/mol. The van der Waals surface area contributed by atoms with E-state index in [2.05, 4.69) is 36.8 Å². The Bertz CT molecular complexity index is 1500. The van der Waals surface area contributed by atoms with E-state index in [9.17, 15) is 18.0 Å². The van der Waals surface area contributed by atoms with Crippen LogP contribution >= 0.6 is 12.6 Å². The zero-order valence-electron chi connectivity index (χ0n) is 23.9. The van der Waals surface area contributed by atoms with Crippen molar-refractivity contribution >= 4 is 34.5 Å². The van der Waals surface area contributed by atoms with Crippen molar-refractivity contribution in [3.8, 4) is 17.1 Å². The van der Waals surface area contributed by atoms with Crippen LogP contribution in [0.3, 0.4) is 0 Å². The van der Waals surface area contributed by atoms with E-state index in [-0.39, 0.29) is 41.4 Å². The molecule has 0 saturated carbocycles. The van der Waals surface area contributed by atoms with Crippen LogP contribution in [0.2, 0.25) is 0 Å². The van der Waals surface area contributed by atoms with Crippen LogP contribution in [0.15, 0.2) is 47.4 Å². The summed E-state index contributed by atoms with van der Waals surface area (Å²) in [6.07, 6.45) is 1.29. The van der Waals surface area contributed by atoms with Gasteiger partial charge in [-0.3, -0.25) is 14.2 Å². The summed E-state index contributed by atoms with van der Waals surface area (Å²) in [7, 11) is -2.67. The number of rotatable bonds is 13. The van der Waals surface area contributed by atoms with Gasteiger partial charge in [0.1, 0.15) is 5.82 Å². The van der Waals surface area contributed by atoms with E-state index in [1.807, 2.05) is 11.6 Å². The lowest BCUT2D eigenvalue weighted by atomic mass is 9.98. The third kappa shape index (κ3) is 7.88. The molecule has 1 atom stereocenters. The smallest absolute Gasteiger partial charge is 0.296 e. The van der Waals surface area contributed by atoms with E-state index in [1.54, 1.807) is 28.8 Å². The summed E-state index contributed by atoms with van der Waals surface area (Å²) >= 11 is 4.34. The fourth-order valence-electron chi connectivity index (χ4n) is 4.66. The van der Waals surface area contributed by atoms with Crippen LogP contribution in [0.5, 0.6) is 6.01 Å². The standard InChI is InChI=1S/C29H37FN4O5S2/c1-6-25-26(15-31-28(36)22(17-40)13-18(2)3)34(29(32-25)39-5)16-21-12-11-20(14-24(21)30)23-9-7-8-10-27(23)41(37,38)33-19(4)35/h7-12,14,18,22,40H,6,13,15-17H2,1-5H3,(H,31,36)(H,33,35). The Morgan fingerprint density at radius 2 is 1.88 bits per heavy atom. The molecule has 9 nitrogen and oxygen atoms in total. The van der Waals surface area contributed by atoms with Crippen molar-refractivity contribution in [3.05, 3.63) is 65.2 Å². The number of nitrogens with one attached hydrogen (secondary N) is 2. The van der Waals surface area contributed by atoms with E-state index in [0.29, 0.717) is 41.3 Å². The Morgan fingerprint density at radius 3 is 2.46 bits per heavy atom. The zero-order chi connectivity index (χ0) is 30.3. The molecule has 3 rings (SSSR count). The number of carbonyl (C=O) groups excluding carboxylic acids is 2. The average molecular weight is 605 g/mol. The highest BCUT2D eigenvalue weighted by molar-refractivity contribution is 7.90. The van der Waals surface area contributed by atoms with Gasteiger partial charge in [0.05, 0.1) is 36.5 Å². The predicted octanol–water partition coefficient (Wildman–Crippen LogP) is 4.34. The molecular formula is C29H37FN4O5S2. The summed E-state index contributed by atoms with van der Waals surface area (Å²) < 4.78 is 50.1. The first-order valence-corrected chi connectivity index (χ1v) is 15.4. The van der Waals surface area contributed by atoms with Gasteiger partial charge in [0, 0.05) is 29.7 Å². The highest BCUT2D eigenvalue weighted by Gasteiger charge is 2.23. The fraction of sp³-hybridized carbons (Fsp3) is 0.414. The minimum atomic E-state index is -4.14. The number of aryl methyl sites for hydroxylation is 1. The third-order valence-electron chi connectivity index (χ3n) is 6.56. The van der Waals surface area contributed by atoms with Crippen molar-refractivity contribution in [2.75, 3.05) is 12.9 Å². The van der Waals surface area contributed by atoms with Crippen molar-refractivity contribution in [2.24, 2.45) is 11.8 Å². The number of methoxy groups -OCH3 is 1. The molecule has 1 unspecified atom stereocenters. The highest BCUT2D eigenvalue weighted by atomic mass is 32.2. The van der Waals surface area contributed by atoms with E-state index < -0.39 is 21.7 Å². The fourth-order valence-corrected chi connectivity index (χ4v) is 6.19. The number of sulfonamides is 1. The highest BCUT2D eigenvalue weighted by Crippen LogP contribution is 2.30. The van der Waals surface area contributed by atoms with Crippen LogP contribution in [-0.2, 0) is 39.1 Å². The van der Waals surface area contributed by atoms with Gasteiger partial charge in [-0.2, -0.15) is 17.6 Å². The lowest BCUT2D eigenvalue weighted by molar-refractivity contribution is -0.125. The van der Waals surface area contributed by atoms with E-state index in [4.69, 9.17) is 4.74 Å². The Kier molecular flexibility index (Phi) is 11.0. The second-order valence-electron chi connectivity index (χ2n) is 10.1. The lowest BCUT2D eigenvalue weighted by Gasteiger charge is -2.18. The molecule has 0 bridgehead atoms. The van der Waals surface area contributed by atoms with Gasteiger partial charge in [-0.05, 0) is 36.5 Å². The number of nitrogens with zero attached hydrogens (tertiary/aromatic N) is 2. The molecule has 1 aromatic heterocycles. The SMILES string of the molecule is CCc1nc(OC)n(Cc2ccc(-c3ccccc3S(=O)(=O)NC(C)=O)cc2F)c1CNC(=O)C(CS)CC(C)C. The molecule has 0 aliphatic rings. The molecule has 0 aliphatic heterocycles. The number of thiol groups is 1. The van der Waals surface area contributed by atoms with Crippen molar-refractivity contribution in [1.82, 2.24) is 19.6 Å². The first-order valence-electron chi connectivity index (χ1n) is 13.3. The van der Waals surface area contributed by atoms with Gasteiger partial charge in [0.15, 0.2) is 0 Å². The molecule has 0 spiro atoms. The number of benzene rings is 2. The zero-order valence-corrected chi connectivity index (χ0v) is 25.6. The number of aromatic nitrogens is 2. The molecule has 0 saturated heterocycles. The van der Waals surface area contributed by atoms with E-state index in [1.165, 1.54) is 25.3 Å².